The van der Waals surface area contributed by atoms with Crippen LogP contribution in [0.2, 0.25) is 5.02 Å². The number of carbonyl (C=O) groups excluding carboxylic acids is 1. The number of hydrogen-bond acceptors (Lipinski definition) is 2. The van der Waals surface area contributed by atoms with Gasteiger partial charge in [-0.05, 0) is 42.6 Å². The summed E-state index contributed by atoms with van der Waals surface area (Å²) in [6.45, 7) is 3.86. The molecule has 4 heteroatoms. The van der Waals surface area contributed by atoms with Crippen LogP contribution < -0.4 is 10.6 Å². The monoisotopic (exact) mass is 342 g/mol. The van der Waals surface area contributed by atoms with Crippen LogP contribution in [-0.2, 0) is 11.2 Å². The first-order valence-corrected chi connectivity index (χ1v) is 8.82. The molecular weight excluding hydrogens is 320 g/mol. The van der Waals surface area contributed by atoms with Gasteiger partial charge >= 0.3 is 0 Å². The van der Waals surface area contributed by atoms with Crippen LogP contribution in [0.4, 0.5) is 0 Å². The van der Waals surface area contributed by atoms with Gasteiger partial charge in [-0.2, -0.15) is 0 Å². The van der Waals surface area contributed by atoms with Gasteiger partial charge in [-0.15, -0.1) is 0 Å². The zero-order valence-corrected chi connectivity index (χ0v) is 14.6. The summed E-state index contributed by atoms with van der Waals surface area (Å²) in [7, 11) is 0. The summed E-state index contributed by atoms with van der Waals surface area (Å²) in [5, 5.41) is 7.20. The van der Waals surface area contributed by atoms with E-state index < -0.39 is 0 Å². The van der Waals surface area contributed by atoms with Crippen molar-refractivity contribution in [1.29, 1.82) is 0 Å². The summed E-state index contributed by atoms with van der Waals surface area (Å²) in [6, 6.07) is 17.8. The molecule has 0 aliphatic carbocycles. The molecule has 2 unspecified atom stereocenters. The lowest BCUT2D eigenvalue weighted by atomic mass is 9.87. The van der Waals surface area contributed by atoms with E-state index in [2.05, 4.69) is 22.8 Å². The summed E-state index contributed by atoms with van der Waals surface area (Å²) in [5.74, 6) is 0.563. The van der Waals surface area contributed by atoms with E-state index in [0.717, 1.165) is 29.2 Å². The molecule has 0 bridgehead atoms. The van der Waals surface area contributed by atoms with Crippen molar-refractivity contribution in [3.63, 3.8) is 0 Å². The van der Waals surface area contributed by atoms with Crippen molar-refractivity contribution in [2.45, 2.75) is 19.4 Å². The van der Waals surface area contributed by atoms with Crippen molar-refractivity contribution >= 4 is 17.5 Å². The van der Waals surface area contributed by atoms with E-state index in [9.17, 15) is 4.79 Å². The lowest BCUT2D eigenvalue weighted by Crippen LogP contribution is -2.50. The summed E-state index contributed by atoms with van der Waals surface area (Å²) < 4.78 is 0. The molecule has 24 heavy (non-hydrogen) atoms. The zero-order valence-electron chi connectivity index (χ0n) is 13.8. The molecule has 1 amide bonds. The second kappa shape index (κ2) is 7.82. The van der Waals surface area contributed by atoms with Crippen molar-refractivity contribution in [1.82, 2.24) is 10.6 Å². The highest BCUT2D eigenvalue weighted by atomic mass is 35.5. The Morgan fingerprint density at radius 3 is 2.46 bits per heavy atom. The number of rotatable bonds is 6. The van der Waals surface area contributed by atoms with Crippen LogP contribution in [0.25, 0.3) is 0 Å². The molecule has 0 spiro atoms. The van der Waals surface area contributed by atoms with E-state index in [1.165, 1.54) is 0 Å². The average molecular weight is 343 g/mol. The summed E-state index contributed by atoms with van der Waals surface area (Å²) in [4.78, 5) is 12.7. The van der Waals surface area contributed by atoms with Crippen LogP contribution in [-0.4, -0.2) is 19.0 Å². The van der Waals surface area contributed by atoms with Gasteiger partial charge in [0.2, 0.25) is 5.91 Å². The molecule has 2 atom stereocenters. The second-order valence-corrected chi connectivity index (χ2v) is 6.88. The third-order valence-corrected chi connectivity index (χ3v) is 5.20. The smallest absolute Gasteiger partial charge is 0.223 e. The van der Waals surface area contributed by atoms with E-state index in [0.29, 0.717) is 12.3 Å². The van der Waals surface area contributed by atoms with E-state index in [1.54, 1.807) is 0 Å². The van der Waals surface area contributed by atoms with Crippen LogP contribution in [0, 0.1) is 11.8 Å². The first kappa shape index (κ1) is 17.0. The van der Waals surface area contributed by atoms with E-state index in [-0.39, 0.29) is 17.9 Å². The predicted octanol–water partition coefficient (Wildman–Crippen LogP) is 3.60. The lowest BCUT2D eigenvalue weighted by molar-refractivity contribution is -0.127. The summed E-state index contributed by atoms with van der Waals surface area (Å²) in [5.41, 5.74) is 2.15. The van der Waals surface area contributed by atoms with Crippen molar-refractivity contribution in [3.8, 4) is 0 Å². The molecule has 0 radical (unpaired) electrons. The van der Waals surface area contributed by atoms with Gasteiger partial charge in [-0.25, -0.2) is 0 Å². The van der Waals surface area contributed by atoms with Crippen molar-refractivity contribution in [2.24, 2.45) is 11.8 Å². The largest absolute Gasteiger partial charge is 0.349 e. The molecule has 1 heterocycles. The maximum Gasteiger partial charge on any atom is 0.223 e. The van der Waals surface area contributed by atoms with Gasteiger partial charge in [0.1, 0.15) is 0 Å². The topological polar surface area (TPSA) is 41.1 Å². The van der Waals surface area contributed by atoms with Gasteiger partial charge in [-0.1, -0.05) is 67.1 Å². The van der Waals surface area contributed by atoms with Gasteiger partial charge in [0.25, 0.3) is 0 Å². The Morgan fingerprint density at radius 2 is 1.83 bits per heavy atom. The molecule has 3 rings (SSSR count). The van der Waals surface area contributed by atoms with E-state index in [4.69, 9.17) is 11.6 Å². The van der Waals surface area contributed by atoms with Crippen LogP contribution in [0.5, 0.6) is 0 Å². The molecule has 1 aliphatic heterocycles. The maximum atomic E-state index is 12.7. The third kappa shape index (κ3) is 3.97. The fourth-order valence-corrected chi connectivity index (χ4v) is 3.22. The molecule has 0 saturated carbocycles. The first-order valence-electron chi connectivity index (χ1n) is 8.44. The quantitative estimate of drug-likeness (QED) is 0.842. The van der Waals surface area contributed by atoms with Crippen LogP contribution in [0.3, 0.4) is 0 Å². The highest BCUT2D eigenvalue weighted by molar-refractivity contribution is 6.31. The van der Waals surface area contributed by atoms with Crippen LogP contribution >= 0.6 is 11.6 Å². The number of carbonyl (C=O) groups is 1. The molecule has 3 nitrogen and oxygen atoms in total. The number of hydrogen-bond donors (Lipinski definition) is 2. The second-order valence-electron chi connectivity index (χ2n) is 6.47. The number of amides is 1. The molecular formula is C20H23ClN2O. The van der Waals surface area contributed by atoms with Gasteiger partial charge in [0.15, 0.2) is 0 Å². The van der Waals surface area contributed by atoms with Crippen LogP contribution in [0.1, 0.15) is 24.1 Å². The average Bonchev–Trinajstić information content (AvgIpc) is 2.55. The number of benzene rings is 2. The van der Waals surface area contributed by atoms with Gasteiger partial charge in [0.05, 0.1) is 6.04 Å². The summed E-state index contributed by atoms with van der Waals surface area (Å²) >= 11 is 6.32. The Balaban J connectivity index is 1.77. The van der Waals surface area contributed by atoms with Gasteiger partial charge in [-0.3, -0.25) is 4.79 Å². The molecule has 1 aliphatic rings. The first-order chi connectivity index (χ1) is 11.6. The van der Waals surface area contributed by atoms with E-state index in [1.807, 2.05) is 49.4 Å². The Hall–Kier alpha value is -1.84. The number of halogens is 1. The molecule has 2 N–H and O–H groups in total. The molecule has 1 saturated heterocycles. The van der Waals surface area contributed by atoms with Crippen molar-refractivity contribution in [3.05, 3.63) is 70.7 Å². The highest BCUT2D eigenvalue weighted by Gasteiger charge is 2.30. The normalized spacial score (nSPS) is 16.9. The standard InChI is InChI=1S/C20H23ClN2O/c1-14(17-12-22-13-17)20(24)23-19(15-7-3-2-4-8-15)11-16-9-5-6-10-18(16)21/h2-10,14,17,19,22H,11-13H2,1H3,(H,23,24). The Labute approximate surface area is 148 Å². The molecule has 2 aromatic carbocycles. The van der Waals surface area contributed by atoms with Crippen molar-refractivity contribution < 1.29 is 4.79 Å². The number of nitrogens with one attached hydrogen (secondary N) is 2. The SMILES string of the molecule is CC(C(=O)NC(Cc1ccccc1Cl)c1ccccc1)C1CNC1. The molecule has 126 valence electrons. The maximum absolute atomic E-state index is 12.7. The minimum Gasteiger partial charge on any atom is -0.349 e. The zero-order chi connectivity index (χ0) is 16.9. The Morgan fingerprint density at radius 1 is 1.17 bits per heavy atom. The molecule has 1 fully saturated rings. The van der Waals surface area contributed by atoms with Crippen LogP contribution in [0.15, 0.2) is 54.6 Å². The molecule has 0 aromatic heterocycles. The minimum absolute atomic E-state index is 0.0173. The fraction of sp³-hybridized carbons (Fsp3) is 0.350. The highest BCUT2D eigenvalue weighted by Crippen LogP contribution is 2.25. The third-order valence-electron chi connectivity index (χ3n) is 4.83. The Bertz CT molecular complexity index is 685. The summed E-state index contributed by atoms with van der Waals surface area (Å²) in [6.07, 6.45) is 0.686. The minimum atomic E-state index is -0.0749. The van der Waals surface area contributed by atoms with E-state index >= 15 is 0 Å². The van der Waals surface area contributed by atoms with Crippen molar-refractivity contribution in [2.75, 3.05) is 13.1 Å². The molecule has 2 aromatic rings. The predicted molar refractivity (Wildman–Crippen MR) is 98.0 cm³/mol. The Kier molecular flexibility index (Phi) is 5.54. The fourth-order valence-electron chi connectivity index (χ4n) is 3.00. The lowest BCUT2D eigenvalue weighted by Gasteiger charge is -2.33. The van der Waals surface area contributed by atoms with Gasteiger partial charge in [0, 0.05) is 10.9 Å². The van der Waals surface area contributed by atoms with Gasteiger partial charge < -0.3 is 10.6 Å².